The average Bonchev–Trinajstić information content (AvgIpc) is 3.35. The molecule has 0 unspecified atom stereocenters. The van der Waals surface area contributed by atoms with E-state index in [0.717, 1.165) is 5.56 Å². The van der Waals surface area contributed by atoms with Gasteiger partial charge in [-0.15, -0.1) is 22.7 Å². The Balaban J connectivity index is 1.44. The molecule has 140 valence electrons. The van der Waals surface area contributed by atoms with Crippen molar-refractivity contribution in [2.75, 3.05) is 11.9 Å². The van der Waals surface area contributed by atoms with Crippen LogP contribution in [-0.2, 0) is 9.59 Å². The number of carbonyl (C=O) groups is 2. The number of rotatable bonds is 7. The van der Waals surface area contributed by atoms with Gasteiger partial charge in [0.1, 0.15) is 10.1 Å². The summed E-state index contributed by atoms with van der Waals surface area (Å²) in [6.07, 6.45) is 4.54. The fraction of sp³-hybridized carbons (Fsp3) is 0.118. The molecule has 0 bridgehead atoms. The van der Waals surface area contributed by atoms with Crippen LogP contribution in [0.25, 0.3) is 17.3 Å². The number of hydrogen-bond donors (Lipinski definition) is 2. The Morgan fingerprint density at radius 2 is 2.19 bits per heavy atom. The molecule has 3 heterocycles. The molecule has 27 heavy (non-hydrogen) atoms. The number of amides is 2. The molecule has 0 saturated heterocycles. The third kappa shape index (κ3) is 5.67. The highest BCUT2D eigenvalue weighted by Gasteiger charge is 2.13. The first-order valence-electron chi connectivity index (χ1n) is 7.71. The largest absolute Gasteiger partial charge is 0.465 e. The Morgan fingerprint density at radius 3 is 2.89 bits per heavy atom. The number of anilines is 1. The van der Waals surface area contributed by atoms with Crippen LogP contribution in [0.5, 0.6) is 0 Å². The second kappa shape index (κ2) is 9.18. The van der Waals surface area contributed by atoms with Crippen molar-refractivity contribution in [2.24, 2.45) is 0 Å². The van der Waals surface area contributed by atoms with E-state index in [1.165, 1.54) is 35.0 Å². The Bertz CT molecular complexity index is 964. The van der Waals surface area contributed by atoms with Gasteiger partial charge in [0.05, 0.1) is 16.3 Å². The minimum Gasteiger partial charge on any atom is -0.465 e. The van der Waals surface area contributed by atoms with E-state index in [0.29, 0.717) is 25.3 Å². The Morgan fingerprint density at radius 1 is 1.33 bits per heavy atom. The van der Waals surface area contributed by atoms with Crippen molar-refractivity contribution in [2.45, 2.75) is 6.42 Å². The zero-order valence-electron chi connectivity index (χ0n) is 13.7. The van der Waals surface area contributed by atoms with Gasteiger partial charge in [-0.3, -0.25) is 9.59 Å². The highest BCUT2D eigenvalue weighted by atomic mass is 35.5. The first-order chi connectivity index (χ1) is 13.0. The van der Waals surface area contributed by atoms with E-state index >= 15 is 0 Å². The van der Waals surface area contributed by atoms with Gasteiger partial charge in [0.2, 0.25) is 11.8 Å². The van der Waals surface area contributed by atoms with Gasteiger partial charge < -0.3 is 15.1 Å². The van der Waals surface area contributed by atoms with Gasteiger partial charge in [-0.1, -0.05) is 23.2 Å². The summed E-state index contributed by atoms with van der Waals surface area (Å²) >= 11 is 14.6. The van der Waals surface area contributed by atoms with Gasteiger partial charge >= 0.3 is 0 Å². The minimum absolute atomic E-state index is 0.125. The summed E-state index contributed by atoms with van der Waals surface area (Å²) in [5.41, 5.74) is 1.39. The fourth-order valence-electron chi connectivity index (χ4n) is 2.05. The third-order valence-corrected chi connectivity index (χ3v) is 5.52. The number of nitrogens with zero attached hydrogens (tertiary/aromatic N) is 1. The molecule has 0 saturated carbocycles. The van der Waals surface area contributed by atoms with Gasteiger partial charge in [-0.05, 0) is 24.3 Å². The first kappa shape index (κ1) is 19.6. The van der Waals surface area contributed by atoms with E-state index in [1.54, 1.807) is 29.7 Å². The van der Waals surface area contributed by atoms with Crippen LogP contribution in [0.2, 0.25) is 8.67 Å². The van der Waals surface area contributed by atoms with Crippen LogP contribution in [0.3, 0.4) is 0 Å². The maximum absolute atomic E-state index is 12.0. The summed E-state index contributed by atoms with van der Waals surface area (Å²) in [6.45, 7) is 0.206. The van der Waals surface area contributed by atoms with Crippen molar-refractivity contribution in [3.05, 3.63) is 50.4 Å². The zero-order valence-corrected chi connectivity index (χ0v) is 16.8. The van der Waals surface area contributed by atoms with Crippen molar-refractivity contribution in [3.63, 3.8) is 0 Å². The van der Waals surface area contributed by atoms with E-state index in [1.807, 2.05) is 0 Å². The van der Waals surface area contributed by atoms with Crippen LogP contribution in [0.4, 0.5) is 5.13 Å². The molecule has 3 aromatic rings. The number of nitrogens with one attached hydrogen (secondary N) is 2. The molecule has 6 nitrogen and oxygen atoms in total. The molecule has 0 aromatic carbocycles. The molecular formula is C17H13Cl2N3O3S2. The van der Waals surface area contributed by atoms with Crippen LogP contribution < -0.4 is 10.6 Å². The Hall–Kier alpha value is -2.13. The SMILES string of the molecule is O=C(/C=C/c1ccco1)NCCC(=O)Nc1nc(-c2cc(Cl)sc2Cl)cs1. The van der Waals surface area contributed by atoms with Gasteiger partial charge in [0, 0.05) is 30.0 Å². The van der Waals surface area contributed by atoms with Gasteiger partial charge in [0.15, 0.2) is 5.13 Å². The first-order valence-corrected chi connectivity index (χ1v) is 10.2. The van der Waals surface area contributed by atoms with Crippen molar-refractivity contribution >= 4 is 68.9 Å². The molecule has 10 heteroatoms. The van der Waals surface area contributed by atoms with Gasteiger partial charge in [0.25, 0.3) is 0 Å². The van der Waals surface area contributed by atoms with Crippen molar-refractivity contribution in [3.8, 4) is 11.3 Å². The van der Waals surface area contributed by atoms with Crippen molar-refractivity contribution in [1.29, 1.82) is 0 Å². The summed E-state index contributed by atoms with van der Waals surface area (Å²) in [5.74, 6) is 0.0230. The predicted molar refractivity (Wildman–Crippen MR) is 109 cm³/mol. The number of thiophene rings is 1. The summed E-state index contributed by atoms with van der Waals surface area (Å²) < 4.78 is 6.21. The summed E-state index contributed by atoms with van der Waals surface area (Å²) in [7, 11) is 0. The summed E-state index contributed by atoms with van der Waals surface area (Å²) in [5, 5.41) is 7.57. The standard InChI is InChI=1S/C17H13Cl2N3O3S2/c18-13-8-11(16(19)27-13)12-9-26-17(21-12)22-15(24)5-6-20-14(23)4-3-10-2-1-7-25-10/h1-4,7-9H,5-6H2,(H,20,23)(H,21,22,24)/b4-3+. The van der Waals surface area contributed by atoms with Crippen LogP contribution in [0, 0.1) is 0 Å². The molecule has 2 amide bonds. The number of aromatic nitrogens is 1. The van der Waals surface area contributed by atoms with Gasteiger partial charge in [-0.25, -0.2) is 4.98 Å². The highest BCUT2D eigenvalue weighted by molar-refractivity contribution is 7.20. The number of carbonyl (C=O) groups excluding carboxylic acids is 2. The monoisotopic (exact) mass is 441 g/mol. The number of furan rings is 1. The van der Waals surface area contributed by atoms with Crippen molar-refractivity contribution < 1.29 is 14.0 Å². The van der Waals surface area contributed by atoms with Crippen LogP contribution in [0.1, 0.15) is 12.2 Å². The molecule has 0 atom stereocenters. The van der Waals surface area contributed by atoms with E-state index in [9.17, 15) is 9.59 Å². The lowest BCUT2D eigenvalue weighted by molar-refractivity contribution is -0.117. The molecule has 0 aliphatic heterocycles. The third-order valence-electron chi connectivity index (χ3n) is 3.28. The molecule has 0 spiro atoms. The van der Waals surface area contributed by atoms with E-state index in [2.05, 4.69) is 15.6 Å². The molecule has 0 radical (unpaired) electrons. The van der Waals surface area contributed by atoms with Crippen molar-refractivity contribution in [1.82, 2.24) is 10.3 Å². The van der Waals surface area contributed by atoms with Crippen LogP contribution in [0.15, 0.2) is 40.3 Å². The van der Waals surface area contributed by atoms with E-state index < -0.39 is 0 Å². The molecule has 3 aromatic heterocycles. The molecule has 3 rings (SSSR count). The summed E-state index contributed by atoms with van der Waals surface area (Å²) in [6, 6.07) is 5.20. The Labute approximate surface area is 172 Å². The molecule has 0 aliphatic rings. The number of thiazole rings is 1. The lowest BCUT2D eigenvalue weighted by atomic mass is 10.3. The van der Waals surface area contributed by atoms with Crippen LogP contribution in [-0.4, -0.2) is 23.3 Å². The maximum atomic E-state index is 12.0. The predicted octanol–water partition coefficient (Wildman–Crippen LogP) is 4.93. The molecular weight excluding hydrogens is 429 g/mol. The normalized spacial score (nSPS) is 11.0. The average molecular weight is 442 g/mol. The Kier molecular flexibility index (Phi) is 6.68. The molecule has 2 N–H and O–H groups in total. The maximum Gasteiger partial charge on any atom is 0.244 e. The topological polar surface area (TPSA) is 84.2 Å². The second-order valence-corrected chi connectivity index (χ2v) is 8.36. The fourth-order valence-corrected chi connectivity index (χ4v) is 4.26. The lowest BCUT2D eigenvalue weighted by Gasteiger charge is -2.02. The number of halogens is 2. The van der Waals surface area contributed by atoms with Gasteiger partial charge in [-0.2, -0.15) is 0 Å². The lowest BCUT2D eigenvalue weighted by Crippen LogP contribution is -2.26. The smallest absolute Gasteiger partial charge is 0.244 e. The summed E-state index contributed by atoms with van der Waals surface area (Å²) in [4.78, 5) is 28.0. The van der Waals surface area contributed by atoms with E-state index in [-0.39, 0.29) is 24.8 Å². The van der Waals surface area contributed by atoms with E-state index in [4.69, 9.17) is 27.6 Å². The van der Waals surface area contributed by atoms with Crippen LogP contribution >= 0.6 is 45.9 Å². The number of hydrogen-bond acceptors (Lipinski definition) is 6. The quantitative estimate of drug-likeness (QED) is 0.509. The molecule has 0 aliphatic carbocycles. The molecule has 0 fully saturated rings. The minimum atomic E-state index is -0.306. The highest BCUT2D eigenvalue weighted by Crippen LogP contribution is 2.38. The second-order valence-electron chi connectivity index (χ2n) is 5.21. The zero-order chi connectivity index (χ0) is 19.2.